The minimum atomic E-state index is -1.95. The smallest absolute Gasteiger partial charge is 0.326 e. The molecular formula is C61H98N18O22. The highest BCUT2D eigenvalue weighted by Gasteiger charge is 2.37. The van der Waals surface area contributed by atoms with Crippen LogP contribution in [-0.2, 0) is 92.7 Å². The van der Waals surface area contributed by atoms with Gasteiger partial charge in [0.1, 0.15) is 78.3 Å². The van der Waals surface area contributed by atoms with Crippen molar-refractivity contribution < 1.29 is 107 Å². The maximum atomic E-state index is 14.4. The number of benzene rings is 1. The number of aliphatic hydroxyl groups is 1. The molecule has 1 aromatic carbocycles. The molecule has 0 bridgehead atoms. The van der Waals surface area contributed by atoms with Gasteiger partial charge in [-0.2, -0.15) is 0 Å². The normalized spacial score (nSPS) is 14.9. The molecule has 0 aromatic heterocycles. The average molecular weight is 1440 g/mol. The zero-order valence-corrected chi connectivity index (χ0v) is 57.2. The molecule has 13 atom stereocenters. The quantitative estimate of drug-likeness (QED) is 0.0269. The van der Waals surface area contributed by atoms with Crippen LogP contribution >= 0.6 is 0 Å². The van der Waals surface area contributed by atoms with Gasteiger partial charge in [0, 0.05) is 19.3 Å². The number of carbonyl (C=O) groups is 18. The number of phenols is 1. The third-order valence-electron chi connectivity index (χ3n) is 14.8. The van der Waals surface area contributed by atoms with Crippen LogP contribution in [0.3, 0.4) is 0 Å². The number of phenolic OH excluding ortho intramolecular Hbond substituents is 1. The maximum absolute atomic E-state index is 14.4. The number of carboxylic acids is 2. The van der Waals surface area contributed by atoms with Gasteiger partial charge in [0.2, 0.25) is 94.5 Å². The summed E-state index contributed by atoms with van der Waals surface area (Å²) in [6, 6.07) is -15.8. The Bertz CT molecular complexity index is 3120. The first-order chi connectivity index (χ1) is 47.1. The van der Waals surface area contributed by atoms with Crippen LogP contribution in [0.1, 0.15) is 131 Å². The third kappa shape index (κ3) is 34.6. The van der Waals surface area contributed by atoms with Gasteiger partial charge in [0.15, 0.2) is 0 Å². The number of rotatable bonds is 48. The Kier molecular flexibility index (Phi) is 38.8. The van der Waals surface area contributed by atoms with E-state index in [2.05, 4.69) is 63.8 Å². The standard InChI is InChI=1S/C61H98N18O22/c1-27(2)20-37(56(95)72-36(16-18-45(65)83)54(93)75-38(21-28(3)4)57(96)78-42(61(100)101)24-47(67)85)76-58(97)39(22-32-11-13-33(81)14-12-32)73-51(90)31(7)70-60(99)43(26-80)79-59(98)40(23-46(66)84)77-53(92)35(10-8-9-19-62)71-50(89)30(6)68-49(88)29(5)69-55(94)41(25-48(86)87)74-52(91)34(63)15-17-44(64)82/h11-14,27-31,34-43,80-81H,8-10,15-26,62-63H2,1-7H3,(H2,64,82)(H2,65,83)(H2,66,84)(H2,67,85)(H,68,88)(H,69,94)(H,70,99)(H,71,89)(H,72,95)(H,73,90)(H,74,91)(H,75,93)(H,76,97)(H,77,92)(H,78,96)(H,79,98)(H,86,87)(H,100,101)/t29-,30-,31-,34-,35-,36-,37-,38-,39-,40-,41-,42-,43-/m0/s1. The number of nitrogens with two attached hydrogens (primary N) is 6. The van der Waals surface area contributed by atoms with Crippen LogP contribution in [0.15, 0.2) is 24.3 Å². The highest BCUT2D eigenvalue weighted by Crippen LogP contribution is 2.15. The first-order valence-electron chi connectivity index (χ1n) is 32.2. The molecular weight excluding hydrogens is 1340 g/mol. The number of unbranched alkanes of at least 4 members (excludes halogenated alkanes) is 1. The summed E-state index contributed by atoms with van der Waals surface area (Å²) < 4.78 is 0. The van der Waals surface area contributed by atoms with Crippen molar-refractivity contribution >= 4 is 106 Å². The Labute approximate surface area is 580 Å². The molecule has 1 rings (SSSR count). The fourth-order valence-corrected chi connectivity index (χ4v) is 9.29. The fraction of sp³-hybridized carbons (Fsp3) is 0.607. The molecule has 40 nitrogen and oxygen atoms in total. The molecule has 0 radical (unpaired) electrons. The van der Waals surface area contributed by atoms with Crippen molar-refractivity contribution in [3.63, 3.8) is 0 Å². The maximum Gasteiger partial charge on any atom is 0.326 e. The lowest BCUT2D eigenvalue weighted by Crippen LogP contribution is -2.61. The molecule has 0 unspecified atom stereocenters. The van der Waals surface area contributed by atoms with Crippen LogP contribution in [0, 0.1) is 11.8 Å². The van der Waals surface area contributed by atoms with E-state index in [9.17, 15) is 107 Å². The Hall–Kier alpha value is -10.6. The van der Waals surface area contributed by atoms with Gasteiger partial charge in [-0.05, 0) is 102 Å². The van der Waals surface area contributed by atoms with Gasteiger partial charge < -0.3 is 119 Å². The van der Waals surface area contributed by atoms with Crippen molar-refractivity contribution in [3.8, 4) is 5.75 Å². The third-order valence-corrected chi connectivity index (χ3v) is 14.8. The molecule has 0 aliphatic carbocycles. The van der Waals surface area contributed by atoms with Crippen molar-refractivity contribution in [1.82, 2.24) is 63.8 Å². The number of hydrogen-bond donors (Lipinski definition) is 22. The van der Waals surface area contributed by atoms with Crippen molar-refractivity contribution in [2.24, 2.45) is 46.2 Å². The summed E-state index contributed by atoms with van der Waals surface area (Å²) in [4.78, 5) is 234. The van der Waals surface area contributed by atoms with Gasteiger partial charge in [-0.25, -0.2) is 4.79 Å². The monoisotopic (exact) mass is 1430 g/mol. The van der Waals surface area contributed by atoms with E-state index in [-0.39, 0.29) is 69.1 Å². The largest absolute Gasteiger partial charge is 0.508 e. The number of amides is 16. The van der Waals surface area contributed by atoms with Gasteiger partial charge in [-0.15, -0.1) is 0 Å². The minimum absolute atomic E-state index is 0.0934. The molecule has 0 saturated carbocycles. The van der Waals surface area contributed by atoms with Crippen molar-refractivity contribution in [2.75, 3.05) is 13.2 Å². The van der Waals surface area contributed by atoms with Crippen molar-refractivity contribution in [2.45, 2.75) is 210 Å². The number of aromatic hydroxyl groups is 1. The predicted octanol–water partition coefficient (Wildman–Crippen LogP) is -8.81. The summed E-state index contributed by atoms with van der Waals surface area (Å²) in [5, 5.41) is 67.1. The van der Waals surface area contributed by atoms with E-state index in [1.165, 1.54) is 31.2 Å². The van der Waals surface area contributed by atoms with Gasteiger partial charge in [-0.3, -0.25) is 81.5 Å². The molecule has 40 heteroatoms. The average Bonchev–Trinajstić information content (AvgIpc) is 0.859. The van der Waals surface area contributed by atoms with E-state index >= 15 is 0 Å². The molecule has 0 spiro atoms. The highest BCUT2D eigenvalue weighted by atomic mass is 16.4. The molecule has 0 aliphatic rings. The molecule has 16 amide bonds. The number of carboxylic acid groups (broad SMARTS) is 2. The zero-order chi connectivity index (χ0) is 77.1. The molecule has 0 saturated heterocycles. The van der Waals surface area contributed by atoms with E-state index in [0.717, 1.165) is 13.8 Å². The van der Waals surface area contributed by atoms with E-state index in [1.54, 1.807) is 27.7 Å². The number of aliphatic carboxylic acids is 2. The van der Waals surface area contributed by atoms with Crippen molar-refractivity contribution in [1.29, 1.82) is 0 Å². The lowest BCUT2D eigenvalue weighted by molar-refractivity contribution is -0.144. The zero-order valence-electron chi connectivity index (χ0n) is 57.2. The predicted molar refractivity (Wildman–Crippen MR) is 353 cm³/mol. The lowest BCUT2D eigenvalue weighted by atomic mass is 9.99. The Balaban J connectivity index is 3.44. The van der Waals surface area contributed by atoms with E-state index in [1.807, 2.05) is 0 Å². The fourth-order valence-electron chi connectivity index (χ4n) is 9.29. The second-order valence-corrected chi connectivity index (χ2v) is 24.7. The van der Waals surface area contributed by atoms with Crippen LogP contribution < -0.4 is 98.2 Å². The summed E-state index contributed by atoms with van der Waals surface area (Å²) in [7, 11) is 0. The molecule has 0 heterocycles. The molecule has 0 aliphatic heterocycles. The van der Waals surface area contributed by atoms with Gasteiger partial charge in [0.25, 0.3) is 0 Å². The Morgan fingerprint density at radius 2 is 0.713 bits per heavy atom. The van der Waals surface area contributed by atoms with Gasteiger partial charge in [-0.1, -0.05) is 39.8 Å². The number of nitrogens with one attached hydrogen (secondary N) is 12. The molecule has 0 fully saturated rings. The SMILES string of the molecule is CC(C)C[C@H](NC(=O)[C@H](CCC(N)=O)NC(=O)[C@H](CC(C)C)NC(=O)[C@H](Cc1ccc(O)cc1)NC(=O)[C@H](C)NC(=O)[C@H](CO)NC(=O)[C@H](CC(N)=O)NC(=O)[C@H](CCCCN)NC(=O)[C@H](C)NC(=O)[C@H](C)NC(=O)[C@H](CC(=O)O)NC(=O)[C@@H](N)CCC(N)=O)C(=O)N[C@@H](CC(N)=O)C(=O)O. The molecule has 101 heavy (non-hydrogen) atoms. The first-order valence-corrected chi connectivity index (χ1v) is 32.2. The van der Waals surface area contributed by atoms with E-state index in [4.69, 9.17) is 34.4 Å². The number of primary amides is 4. The van der Waals surface area contributed by atoms with Gasteiger partial charge >= 0.3 is 11.9 Å². The molecule has 564 valence electrons. The first kappa shape index (κ1) is 88.4. The van der Waals surface area contributed by atoms with Gasteiger partial charge in [0.05, 0.1) is 31.9 Å². The summed E-state index contributed by atoms with van der Waals surface area (Å²) in [6.45, 7) is 9.07. The van der Waals surface area contributed by atoms with E-state index < -0.39 is 224 Å². The van der Waals surface area contributed by atoms with Crippen LogP contribution in [0.4, 0.5) is 0 Å². The topological polar surface area (TPSA) is 689 Å². The number of carbonyl (C=O) groups excluding carboxylic acids is 16. The molecule has 28 N–H and O–H groups in total. The Morgan fingerprint density at radius 1 is 0.376 bits per heavy atom. The Morgan fingerprint density at radius 3 is 1.16 bits per heavy atom. The number of aliphatic hydroxyl groups excluding tert-OH is 1. The van der Waals surface area contributed by atoms with Crippen LogP contribution in [0.2, 0.25) is 0 Å². The van der Waals surface area contributed by atoms with Crippen LogP contribution in [0.5, 0.6) is 5.75 Å². The second kappa shape index (κ2) is 44.4. The lowest BCUT2D eigenvalue weighted by Gasteiger charge is -2.28. The summed E-state index contributed by atoms with van der Waals surface area (Å²) >= 11 is 0. The summed E-state index contributed by atoms with van der Waals surface area (Å²) in [6.07, 6.45) is -4.46. The van der Waals surface area contributed by atoms with Crippen LogP contribution in [0.25, 0.3) is 0 Å². The molecule has 1 aromatic rings. The highest BCUT2D eigenvalue weighted by molar-refractivity contribution is 6.01. The number of hydrogen-bond acceptors (Lipinski definition) is 22. The van der Waals surface area contributed by atoms with E-state index in [0.29, 0.717) is 12.0 Å². The summed E-state index contributed by atoms with van der Waals surface area (Å²) in [5.74, 6) is -21.0. The van der Waals surface area contributed by atoms with Crippen molar-refractivity contribution in [3.05, 3.63) is 29.8 Å². The summed E-state index contributed by atoms with van der Waals surface area (Å²) in [5.41, 5.74) is 32.8. The second-order valence-electron chi connectivity index (χ2n) is 24.7. The van der Waals surface area contributed by atoms with Crippen LogP contribution in [-0.4, -0.2) is 219 Å². The minimum Gasteiger partial charge on any atom is -0.508 e.